The van der Waals surface area contributed by atoms with Crippen LogP contribution in [0.4, 0.5) is 15.8 Å². The minimum Gasteiger partial charge on any atom is -0.477 e. The summed E-state index contributed by atoms with van der Waals surface area (Å²) in [4.78, 5) is 22.9. The van der Waals surface area contributed by atoms with Crippen molar-refractivity contribution in [2.75, 3.05) is 11.4 Å². The average Bonchev–Trinajstić information content (AvgIpc) is 3.19. The minimum absolute atomic E-state index is 0.0248. The number of rotatable bonds is 6. The van der Waals surface area contributed by atoms with Gasteiger partial charge in [-0.3, -0.25) is 10.1 Å². The summed E-state index contributed by atoms with van der Waals surface area (Å²) in [7, 11) is 0. The van der Waals surface area contributed by atoms with Crippen LogP contribution < -0.4 is 4.90 Å². The normalized spacial score (nSPS) is 14.3. The van der Waals surface area contributed by atoms with Crippen LogP contribution in [0.3, 0.4) is 0 Å². The predicted molar refractivity (Wildman–Crippen MR) is 75.2 cm³/mol. The van der Waals surface area contributed by atoms with E-state index in [2.05, 4.69) is 0 Å². The van der Waals surface area contributed by atoms with E-state index >= 15 is 0 Å². The van der Waals surface area contributed by atoms with Crippen LogP contribution in [0, 0.1) is 21.8 Å². The third-order valence-corrected chi connectivity index (χ3v) is 3.58. The van der Waals surface area contributed by atoms with E-state index in [1.165, 1.54) is 0 Å². The first kappa shape index (κ1) is 15.2. The molecule has 1 aliphatic rings. The number of carboxylic acid groups (broad SMARTS) is 1. The van der Waals surface area contributed by atoms with Gasteiger partial charge in [0.05, 0.1) is 16.7 Å². The standard InChI is InChI=1S/C14H17FN2O4/c1-8(2)16(7-9-3-4-9)13-5-10(14(18)19)12(17(20)21)6-11(13)15/h5-6,8-9H,3-4,7H2,1-2H3,(H,18,19). The van der Waals surface area contributed by atoms with E-state index in [1.807, 2.05) is 13.8 Å². The van der Waals surface area contributed by atoms with E-state index in [9.17, 15) is 19.3 Å². The molecule has 0 bridgehead atoms. The number of carboxylic acids is 1. The van der Waals surface area contributed by atoms with Crippen LogP contribution in [0.5, 0.6) is 0 Å². The summed E-state index contributed by atoms with van der Waals surface area (Å²) in [5.74, 6) is -1.71. The Morgan fingerprint density at radius 2 is 2.14 bits per heavy atom. The third kappa shape index (κ3) is 3.29. The Morgan fingerprint density at radius 1 is 1.52 bits per heavy atom. The Kier molecular flexibility index (Phi) is 4.11. The Labute approximate surface area is 121 Å². The number of carbonyl (C=O) groups is 1. The van der Waals surface area contributed by atoms with E-state index in [0.717, 1.165) is 18.9 Å². The summed E-state index contributed by atoms with van der Waals surface area (Å²) < 4.78 is 14.2. The third-order valence-electron chi connectivity index (χ3n) is 3.58. The molecule has 7 heteroatoms. The maximum Gasteiger partial charge on any atom is 0.342 e. The highest BCUT2D eigenvalue weighted by atomic mass is 19.1. The number of nitro benzene ring substituents is 1. The van der Waals surface area contributed by atoms with Crippen molar-refractivity contribution in [1.82, 2.24) is 0 Å². The van der Waals surface area contributed by atoms with E-state index in [-0.39, 0.29) is 11.7 Å². The van der Waals surface area contributed by atoms with E-state index in [1.54, 1.807) is 4.90 Å². The SMILES string of the molecule is CC(C)N(CC1CC1)c1cc(C(=O)O)c([N+](=O)[O-])cc1F. The highest BCUT2D eigenvalue weighted by molar-refractivity contribution is 5.93. The number of anilines is 1. The summed E-state index contributed by atoms with van der Waals surface area (Å²) in [6, 6.07) is 1.74. The number of nitrogens with zero attached hydrogens (tertiary/aromatic N) is 2. The molecule has 6 nitrogen and oxygen atoms in total. The van der Waals surface area contributed by atoms with Crippen molar-refractivity contribution >= 4 is 17.3 Å². The fourth-order valence-electron chi connectivity index (χ4n) is 2.26. The summed E-state index contributed by atoms with van der Waals surface area (Å²) in [6.07, 6.45) is 2.15. The topological polar surface area (TPSA) is 83.7 Å². The molecule has 1 aromatic rings. The molecule has 0 spiro atoms. The zero-order chi connectivity index (χ0) is 15.7. The van der Waals surface area contributed by atoms with Crippen LogP contribution in [0.2, 0.25) is 0 Å². The smallest absolute Gasteiger partial charge is 0.342 e. The van der Waals surface area contributed by atoms with Gasteiger partial charge in [-0.2, -0.15) is 0 Å². The Balaban J connectivity index is 2.48. The molecule has 1 saturated carbocycles. The molecule has 1 N–H and O–H groups in total. The number of nitro groups is 1. The first-order valence-electron chi connectivity index (χ1n) is 6.79. The van der Waals surface area contributed by atoms with E-state index < -0.39 is 28.0 Å². The Morgan fingerprint density at radius 3 is 2.57 bits per heavy atom. The molecule has 0 aromatic heterocycles. The van der Waals surface area contributed by atoms with Gasteiger partial charge in [-0.25, -0.2) is 9.18 Å². The number of benzene rings is 1. The minimum atomic E-state index is -1.43. The van der Waals surface area contributed by atoms with Gasteiger partial charge in [0.25, 0.3) is 5.69 Å². The number of halogens is 1. The largest absolute Gasteiger partial charge is 0.477 e. The van der Waals surface area contributed by atoms with Crippen molar-refractivity contribution in [2.45, 2.75) is 32.7 Å². The quantitative estimate of drug-likeness (QED) is 0.644. The monoisotopic (exact) mass is 296 g/mol. The maximum atomic E-state index is 14.2. The summed E-state index contributed by atoms with van der Waals surface area (Å²) >= 11 is 0. The van der Waals surface area contributed by atoms with Crippen LogP contribution >= 0.6 is 0 Å². The maximum absolute atomic E-state index is 14.2. The zero-order valence-corrected chi connectivity index (χ0v) is 11.9. The summed E-state index contributed by atoms with van der Waals surface area (Å²) in [5, 5.41) is 19.9. The van der Waals surface area contributed by atoms with Crippen LogP contribution in [0.15, 0.2) is 12.1 Å². The summed E-state index contributed by atoms with van der Waals surface area (Å²) in [6.45, 7) is 4.39. The van der Waals surface area contributed by atoms with Gasteiger partial charge >= 0.3 is 5.97 Å². The lowest BCUT2D eigenvalue weighted by atomic mass is 10.1. The molecule has 114 valence electrons. The molecule has 0 unspecified atom stereocenters. The van der Waals surface area contributed by atoms with Gasteiger partial charge in [0.1, 0.15) is 5.56 Å². The lowest BCUT2D eigenvalue weighted by molar-refractivity contribution is -0.385. The fourth-order valence-corrected chi connectivity index (χ4v) is 2.26. The van der Waals surface area contributed by atoms with Crippen LogP contribution in [0.25, 0.3) is 0 Å². The van der Waals surface area contributed by atoms with Crippen molar-refractivity contribution < 1.29 is 19.2 Å². The van der Waals surface area contributed by atoms with Crippen molar-refractivity contribution in [3.05, 3.63) is 33.6 Å². The molecule has 1 aliphatic carbocycles. The lowest BCUT2D eigenvalue weighted by Gasteiger charge is -2.29. The second-order valence-electron chi connectivity index (χ2n) is 5.57. The molecule has 2 rings (SSSR count). The predicted octanol–water partition coefficient (Wildman–Crippen LogP) is 3.06. The highest BCUT2D eigenvalue weighted by Crippen LogP contribution is 2.35. The molecule has 21 heavy (non-hydrogen) atoms. The number of hydrogen-bond donors (Lipinski definition) is 1. The molecule has 1 fully saturated rings. The molecule has 0 radical (unpaired) electrons. The van der Waals surface area contributed by atoms with E-state index in [0.29, 0.717) is 18.5 Å². The van der Waals surface area contributed by atoms with Crippen LogP contribution in [-0.2, 0) is 0 Å². The number of hydrogen-bond acceptors (Lipinski definition) is 4. The first-order chi connectivity index (χ1) is 9.81. The van der Waals surface area contributed by atoms with Crippen molar-refractivity contribution in [3.8, 4) is 0 Å². The second-order valence-corrected chi connectivity index (χ2v) is 5.57. The van der Waals surface area contributed by atoms with Crippen molar-refractivity contribution in [1.29, 1.82) is 0 Å². The Hall–Kier alpha value is -2.18. The molecule has 0 aliphatic heterocycles. The lowest BCUT2D eigenvalue weighted by Crippen LogP contribution is -2.33. The van der Waals surface area contributed by atoms with E-state index in [4.69, 9.17) is 5.11 Å². The second kappa shape index (κ2) is 5.67. The molecule has 0 amide bonds. The molecular weight excluding hydrogens is 279 g/mol. The molecule has 0 heterocycles. The van der Waals surface area contributed by atoms with Gasteiger partial charge in [0.15, 0.2) is 5.82 Å². The van der Waals surface area contributed by atoms with Crippen LogP contribution in [-0.4, -0.2) is 28.6 Å². The Bertz CT molecular complexity index is 585. The van der Waals surface area contributed by atoms with Crippen LogP contribution in [0.1, 0.15) is 37.0 Å². The molecule has 0 atom stereocenters. The highest BCUT2D eigenvalue weighted by Gasteiger charge is 2.30. The molecule has 1 aromatic carbocycles. The van der Waals surface area contributed by atoms with Crippen molar-refractivity contribution in [2.24, 2.45) is 5.92 Å². The first-order valence-corrected chi connectivity index (χ1v) is 6.79. The van der Waals surface area contributed by atoms with Gasteiger partial charge < -0.3 is 10.0 Å². The van der Waals surface area contributed by atoms with Crippen molar-refractivity contribution in [3.63, 3.8) is 0 Å². The molecular formula is C14H17FN2O4. The average molecular weight is 296 g/mol. The van der Waals surface area contributed by atoms with Gasteiger partial charge in [-0.15, -0.1) is 0 Å². The molecule has 0 saturated heterocycles. The zero-order valence-electron chi connectivity index (χ0n) is 11.9. The van der Waals surface area contributed by atoms with Gasteiger partial charge in [0.2, 0.25) is 0 Å². The number of aromatic carboxylic acids is 1. The van der Waals surface area contributed by atoms with Gasteiger partial charge in [-0.05, 0) is 38.7 Å². The summed E-state index contributed by atoms with van der Waals surface area (Å²) in [5.41, 5.74) is -1.10. The fraction of sp³-hybridized carbons (Fsp3) is 0.500. The van der Waals surface area contributed by atoms with Gasteiger partial charge in [-0.1, -0.05) is 0 Å². The van der Waals surface area contributed by atoms with Gasteiger partial charge in [0, 0.05) is 12.6 Å².